The van der Waals surface area contributed by atoms with Crippen LogP contribution in [0.25, 0.3) is 0 Å². The Kier molecular flexibility index (Phi) is 5.50. The van der Waals surface area contributed by atoms with Crippen molar-refractivity contribution in [3.8, 4) is 17.5 Å². The second-order valence-electron chi connectivity index (χ2n) is 5.85. The average Bonchev–Trinajstić information content (AvgIpc) is 2.68. The molecule has 2 aromatic rings. The van der Waals surface area contributed by atoms with Gasteiger partial charge >= 0.3 is 0 Å². The molecule has 0 saturated carbocycles. The molecule has 1 aromatic carbocycles. The molecule has 1 unspecified atom stereocenters. The third kappa shape index (κ3) is 3.84. The van der Waals surface area contributed by atoms with Gasteiger partial charge in [-0.2, -0.15) is 0 Å². The highest BCUT2D eigenvalue weighted by molar-refractivity contribution is 5.94. The fraction of sp³-hybridized carbons (Fsp3) is 0.389. The quantitative estimate of drug-likeness (QED) is 0.814. The summed E-state index contributed by atoms with van der Waals surface area (Å²) in [5.41, 5.74) is 0.279. The lowest BCUT2D eigenvalue weighted by atomic mass is 10.1. The summed E-state index contributed by atoms with van der Waals surface area (Å²) in [6.45, 7) is 0.968. The van der Waals surface area contributed by atoms with Crippen LogP contribution in [0.1, 0.15) is 23.2 Å². The number of rotatable bonds is 5. The molecule has 1 saturated heterocycles. The predicted octanol–water partition coefficient (Wildman–Crippen LogP) is 2.32. The molecule has 0 radical (unpaired) electrons. The number of hydrogen-bond acceptors (Lipinski definition) is 6. The van der Waals surface area contributed by atoms with Gasteiger partial charge in [0.05, 0.1) is 20.8 Å². The number of aromatic nitrogens is 2. The summed E-state index contributed by atoms with van der Waals surface area (Å²) < 4.78 is 29.8. The molecule has 1 amide bonds. The van der Waals surface area contributed by atoms with E-state index in [0.29, 0.717) is 24.8 Å². The van der Waals surface area contributed by atoms with Crippen LogP contribution >= 0.6 is 0 Å². The Morgan fingerprint density at radius 3 is 2.65 bits per heavy atom. The molecule has 0 bridgehead atoms. The monoisotopic (exact) mass is 361 g/mol. The first kappa shape index (κ1) is 17.9. The first-order chi connectivity index (χ1) is 12.6. The maximum atomic E-state index is 13.9. The Morgan fingerprint density at radius 1 is 1.19 bits per heavy atom. The number of methoxy groups -OCH3 is 2. The molecule has 138 valence electrons. The minimum atomic E-state index is -0.563. The number of ether oxygens (including phenoxy) is 3. The Labute approximate surface area is 150 Å². The van der Waals surface area contributed by atoms with E-state index in [1.165, 1.54) is 38.7 Å². The van der Waals surface area contributed by atoms with Crippen molar-refractivity contribution >= 4 is 5.91 Å². The number of hydrogen-bond donors (Lipinski definition) is 0. The van der Waals surface area contributed by atoms with Gasteiger partial charge in [-0.15, -0.1) is 0 Å². The fourth-order valence-corrected chi connectivity index (χ4v) is 2.89. The van der Waals surface area contributed by atoms with E-state index >= 15 is 0 Å². The predicted molar refractivity (Wildman–Crippen MR) is 91.1 cm³/mol. The van der Waals surface area contributed by atoms with Gasteiger partial charge in [0, 0.05) is 24.5 Å². The second kappa shape index (κ2) is 7.99. The maximum absolute atomic E-state index is 13.9. The van der Waals surface area contributed by atoms with Crippen LogP contribution in [0, 0.1) is 5.82 Å². The van der Waals surface area contributed by atoms with Crippen LogP contribution in [-0.2, 0) is 0 Å². The summed E-state index contributed by atoms with van der Waals surface area (Å²) in [5, 5.41) is 0. The minimum absolute atomic E-state index is 0.108. The van der Waals surface area contributed by atoms with Crippen molar-refractivity contribution in [1.29, 1.82) is 0 Å². The molecule has 2 heterocycles. The highest BCUT2D eigenvalue weighted by Crippen LogP contribution is 2.25. The number of benzene rings is 1. The molecular formula is C18H20FN3O4. The summed E-state index contributed by atoms with van der Waals surface area (Å²) >= 11 is 0. The van der Waals surface area contributed by atoms with Crippen molar-refractivity contribution in [1.82, 2.24) is 14.9 Å². The van der Waals surface area contributed by atoms with Crippen molar-refractivity contribution in [2.24, 2.45) is 0 Å². The molecule has 7 nitrogen and oxygen atoms in total. The van der Waals surface area contributed by atoms with Gasteiger partial charge in [-0.3, -0.25) is 4.79 Å². The van der Waals surface area contributed by atoms with Crippen molar-refractivity contribution in [2.75, 3.05) is 27.3 Å². The van der Waals surface area contributed by atoms with Crippen LogP contribution in [0.3, 0.4) is 0 Å². The van der Waals surface area contributed by atoms with Crippen LogP contribution in [-0.4, -0.2) is 54.2 Å². The zero-order chi connectivity index (χ0) is 18.5. The number of carbonyl (C=O) groups excluding carboxylic acids is 1. The summed E-state index contributed by atoms with van der Waals surface area (Å²) in [6, 6.07) is 4.20. The maximum Gasteiger partial charge on any atom is 0.278 e. The SMILES string of the molecule is COc1ccc(C(=O)N2CCCC(Oc3nccnc3OC)C2)cc1F. The molecule has 1 aliphatic rings. The number of likely N-dealkylation sites (tertiary alicyclic amines) is 1. The van der Waals surface area contributed by atoms with Crippen LogP contribution in [0.4, 0.5) is 4.39 Å². The fourth-order valence-electron chi connectivity index (χ4n) is 2.89. The Bertz CT molecular complexity index is 787. The largest absolute Gasteiger partial charge is 0.494 e. The number of carbonyl (C=O) groups is 1. The first-order valence-corrected chi connectivity index (χ1v) is 8.27. The molecule has 1 fully saturated rings. The summed E-state index contributed by atoms with van der Waals surface area (Å²) in [6.07, 6.45) is 4.35. The summed E-state index contributed by atoms with van der Waals surface area (Å²) in [7, 11) is 2.87. The van der Waals surface area contributed by atoms with E-state index in [2.05, 4.69) is 9.97 Å². The van der Waals surface area contributed by atoms with Crippen molar-refractivity contribution in [3.05, 3.63) is 42.0 Å². The topological polar surface area (TPSA) is 73.8 Å². The molecule has 26 heavy (non-hydrogen) atoms. The second-order valence-corrected chi connectivity index (χ2v) is 5.85. The third-order valence-corrected chi connectivity index (χ3v) is 4.17. The summed E-state index contributed by atoms with van der Waals surface area (Å²) in [4.78, 5) is 22.5. The molecule has 1 atom stereocenters. The molecule has 0 spiro atoms. The highest BCUT2D eigenvalue weighted by Gasteiger charge is 2.27. The molecule has 8 heteroatoms. The van der Waals surface area contributed by atoms with Gasteiger partial charge in [0.1, 0.15) is 6.10 Å². The van der Waals surface area contributed by atoms with Crippen LogP contribution in [0.15, 0.2) is 30.6 Å². The zero-order valence-electron chi connectivity index (χ0n) is 14.6. The van der Waals surface area contributed by atoms with Crippen molar-refractivity contribution in [2.45, 2.75) is 18.9 Å². The first-order valence-electron chi connectivity index (χ1n) is 8.27. The van der Waals surface area contributed by atoms with Gasteiger partial charge in [0.25, 0.3) is 17.7 Å². The van der Waals surface area contributed by atoms with Crippen LogP contribution in [0.2, 0.25) is 0 Å². The van der Waals surface area contributed by atoms with Gasteiger partial charge in [-0.05, 0) is 31.0 Å². The van der Waals surface area contributed by atoms with E-state index in [1.54, 1.807) is 11.0 Å². The molecular weight excluding hydrogens is 341 g/mol. The van der Waals surface area contributed by atoms with E-state index < -0.39 is 5.82 Å². The van der Waals surface area contributed by atoms with E-state index in [9.17, 15) is 9.18 Å². The van der Waals surface area contributed by atoms with Crippen LogP contribution < -0.4 is 14.2 Å². The number of nitrogens with zero attached hydrogens (tertiary/aromatic N) is 3. The normalized spacial score (nSPS) is 16.9. The molecule has 1 aromatic heterocycles. The number of amides is 1. The third-order valence-electron chi connectivity index (χ3n) is 4.17. The average molecular weight is 361 g/mol. The van der Waals surface area contributed by atoms with Gasteiger partial charge in [0.2, 0.25) is 0 Å². The van der Waals surface area contributed by atoms with Gasteiger partial charge < -0.3 is 19.1 Å². The summed E-state index contributed by atoms with van der Waals surface area (Å²) in [5.74, 6) is -0.104. The van der Waals surface area contributed by atoms with Gasteiger partial charge in [-0.1, -0.05) is 0 Å². The number of halogens is 1. The molecule has 0 aliphatic carbocycles. The standard InChI is InChI=1S/C18H20FN3O4/c1-24-15-6-5-12(10-14(15)19)18(23)22-9-3-4-13(11-22)26-17-16(25-2)20-7-8-21-17/h5-8,10,13H,3-4,9,11H2,1-2H3. The molecule has 1 aliphatic heterocycles. The van der Waals surface area contributed by atoms with E-state index in [0.717, 1.165) is 12.8 Å². The lowest BCUT2D eigenvalue weighted by molar-refractivity contribution is 0.0519. The lowest BCUT2D eigenvalue weighted by Gasteiger charge is -2.32. The molecule has 3 rings (SSSR count). The highest BCUT2D eigenvalue weighted by atomic mass is 19.1. The van der Waals surface area contributed by atoms with E-state index in [4.69, 9.17) is 14.2 Å². The van der Waals surface area contributed by atoms with Crippen molar-refractivity contribution in [3.63, 3.8) is 0 Å². The Morgan fingerprint density at radius 2 is 1.96 bits per heavy atom. The van der Waals surface area contributed by atoms with Gasteiger partial charge in [0.15, 0.2) is 11.6 Å². The van der Waals surface area contributed by atoms with Gasteiger partial charge in [-0.25, -0.2) is 14.4 Å². The smallest absolute Gasteiger partial charge is 0.278 e. The Balaban J connectivity index is 1.70. The molecule has 0 N–H and O–H groups in total. The van der Waals surface area contributed by atoms with Crippen LogP contribution in [0.5, 0.6) is 17.5 Å². The minimum Gasteiger partial charge on any atom is -0.494 e. The lowest BCUT2D eigenvalue weighted by Crippen LogP contribution is -2.44. The number of piperidine rings is 1. The van der Waals surface area contributed by atoms with E-state index in [-0.39, 0.29) is 23.3 Å². The van der Waals surface area contributed by atoms with E-state index in [1.807, 2.05) is 0 Å². The van der Waals surface area contributed by atoms with Crippen molar-refractivity contribution < 1.29 is 23.4 Å². The zero-order valence-corrected chi connectivity index (χ0v) is 14.6. The Hall–Kier alpha value is -2.90.